The van der Waals surface area contributed by atoms with E-state index in [2.05, 4.69) is 52.9 Å². The summed E-state index contributed by atoms with van der Waals surface area (Å²) < 4.78 is 1.91. The van der Waals surface area contributed by atoms with E-state index in [0.717, 1.165) is 37.2 Å². The second-order valence-corrected chi connectivity index (χ2v) is 6.97. The molecule has 7 heteroatoms. The SMILES string of the molecule is CCNC(=NCc1nncn1C)N1CCSC(C(C)C)C1. The number of thioether (sulfide) groups is 1. The number of nitrogens with one attached hydrogen (secondary N) is 1. The van der Waals surface area contributed by atoms with Gasteiger partial charge in [-0.2, -0.15) is 11.8 Å². The average molecular weight is 310 g/mol. The first kappa shape index (κ1) is 16.1. The van der Waals surface area contributed by atoms with Crippen molar-refractivity contribution in [1.29, 1.82) is 0 Å². The molecule has 1 unspecified atom stereocenters. The van der Waals surface area contributed by atoms with Gasteiger partial charge >= 0.3 is 0 Å². The Balaban J connectivity index is 2.05. The molecule has 0 amide bonds. The summed E-state index contributed by atoms with van der Waals surface area (Å²) in [6.07, 6.45) is 1.71. The lowest BCUT2D eigenvalue weighted by molar-refractivity contribution is 0.380. The van der Waals surface area contributed by atoms with Crippen molar-refractivity contribution < 1.29 is 0 Å². The molecule has 0 radical (unpaired) electrons. The fraction of sp³-hybridized carbons (Fsp3) is 0.786. The van der Waals surface area contributed by atoms with E-state index in [9.17, 15) is 0 Å². The smallest absolute Gasteiger partial charge is 0.194 e. The van der Waals surface area contributed by atoms with E-state index in [4.69, 9.17) is 4.99 Å². The summed E-state index contributed by atoms with van der Waals surface area (Å²) in [5, 5.41) is 12.1. The highest BCUT2D eigenvalue weighted by atomic mass is 32.2. The van der Waals surface area contributed by atoms with Gasteiger partial charge in [0.1, 0.15) is 12.9 Å². The quantitative estimate of drug-likeness (QED) is 0.672. The second-order valence-electron chi connectivity index (χ2n) is 5.63. The zero-order chi connectivity index (χ0) is 15.2. The fourth-order valence-electron chi connectivity index (χ4n) is 2.29. The molecule has 1 aliphatic rings. The van der Waals surface area contributed by atoms with Crippen LogP contribution in [-0.2, 0) is 13.6 Å². The molecule has 2 rings (SSSR count). The maximum absolute atomic E-state index is 4.73. The van der Waals surface area contributed by atoms with E-state index in [0.29, 0.717) is 17.7 Å². The highest BCUT2D eigenvalue weighted by Gasteiger charge is 2.24. The summed E-state index contributed by atoms with van der Waals surface area (Å²) in [5.74, 6) is 3.74. The van der Waals surface area contributed by atoms with Gasteiger partial charge in [0.2, 0.25) is 0 Å². The van der Waals surface area contributed by atoms with E-state index in [1.54, 1.807) is 6.33 Å². The van der Waals surface area contributed by atoms with Gasteiger partial charge in [0.05, 0.1) is 0 Å². The summed E-state index contributed by atoms with van der Waals surface area (Å²) in [6.45, 7) is 10.3. The fourth-order valence-corrected chi connectivity index (χ4v) is 3.59. The third-order valence-electron chi connectivity index (χ3n) is 3.65. The standard InChI is InChI=1S/C14H26N6S/c1-5-15-14(16-8-13-18-17-10-19(13)4)20-6-7-21-12(9-20)11(2)3/h10-12H,5-9H2,1-4H3,(H,15,16). The lowest BCUT2D eigenvalue weighted by atomic mass is 10.1. The van der Waals surface area contributed by atoms with Crippen molar-refractivity contribution in [2.75, 3.05) is 25.4 Å². The molecule has 0 aliphatic carbocycles. The zero-order valence-corrected chi connectivity index (χ0v) is 14.2. The zero-order valence-electron chi connectivity index (χ0n) is 13.4. The van der Waals surface area contributed by atoms with E-state index in [1.165, 1.54) is 0 Å². The van der Waals surface area contributed by atoms with E-state index in [1.807, 2.05) is 11.6 Å². The van der Waals surface area contributed by atoms with Crippen molar-refractivity contribution in [3.05, 3.63) is 12.2 Å². The van der Waals surface area contributed by atoms with Crippen molar-refractivity contribution in [1.82, 2.24) is 25.0 Å². The number of aromatic nitrogens is 3. The van der Waals surface area contributed by atoms with E-state index < -0.39 is 0 Å². The van der Waals surface area contributed by atoms with Crippen LogP contribution in [0.2, 0.25) is 0 Å². The van der Waals surface area contributed by atoms with Crippen molar-refractivity contribution in [3.8, 4) is 0 Å². The number of hydrogen-bond donors (Lipinski definition) is 1. The summed E-state index contributed by atoms with van der Waals surface area (Å²) in [4.78, 5) is 7.11. The summed E-state index contributed by atoms with van der Waals surface area (Å²) in [6, 6.07) is 0. The first-order valence-corrected chi connectivity index (χ1v) is 8.64. The Morgan fingerprint density at radius 2 is 2.38 bits per heavy atom. The molecule has 21 heavy (non-hydrogen) atoms. The molecule has 1 N–H and O–H groups in total. The molecule has 118 valence electrons. The van der Waals surface area contributed by atoms with Crippen molar-refractivity contribution in [2.24, 2.45) is 18.0 Å². The van der Waals surface area contributed by atoms with Gasteiger partial charge in [-0.05, 0) is 12.8 Å². The van der Waals surface area contributed by atoms with Gasteiger partial charge in [-0.3, -0.25) is 0 Å². The minimum atomic E-state index is 0.564. The van der Waals surface area contributed by atoms with Crippen LogP contribution in [0.15, 0.2) is 11.3 Å². The van der Waals surface area contributed by atoms with Crippen LogP contribution in [0.5, 0.6) is 0 Å². The highest BCUT2D eigenvalue weighted by Crippen LogP contribution is 2.24. The number of aliphatic imine (C=N–C) groups is 1. The van der Waals surface area contributed by atoms with Gasteiger partial charge in [0.25, 0.3) is 0 Å². The number of aryl methyl sites for hydroxylation is 1. The van der Waals surface area contributed by atoms with Gasteiger partial charge in [0.15, 0.2) is 11.8 Å². The van der Waals surface area contributed by atoms with E-state index >= 15 is 0 Å². The van der Waals surface area contributed by atoms with Gasteiger partial charge in [-0.15, -0.1) is 10.2 Å². The van der Waals surface area contributed by atoms with Crippen LogP contribution in [0.4, 0.5) is 0 Å². The van der Waals surface area contributed by atoms with Crippen LogP contribution in [0, 0.1) is 5.92 Å². The molecular weight excluding hydrogens is 284 g/mol. The molecule has 1 aromatic heterocycles. The van der Waals surface area contributed by atoms with Crippen LogP contribution in [0.25, 0.3) is 0 Å². The summed E-state index contributed by atoms with van der Waals surface area (Å²) >= 11 is 2.08. The first-order valence-electron chi connectivity index (χ1n) is 7.59. The monoisotopic (exact) mass is 310 g/mol. The van der Waals surface area contributed by atoms with Crippen molar-refractivity contribution in [3.63, 3.8) is 0 Å². The predicted octanol–water partition coefficient (Wildman–Crippen LogP) is 1.35. The third-order valence-corrected chi connectivity index (χ3v) is 5.19. The maximum atomic E-state index is 4.73. The first-order chi connectivity index (χ1) is 10.1. The maximum Gasteiger partial charge on any atom is 0.194 e. The van der Waals surface area contributed by atoms with E-state index in [-0.39, 0.29) is 0 Å². The van der Waals surface area contributed by atoms with Gasteiger partial charge < -0.3 is 14.8 Å². The normalized spacial score (nSPS) is 20.1. The number of rotatable bonds is 4. The number of nitrogens with zero attached hydrogens (tertiary/aromatic N) is 5. The lowest BCUT2D eigenvalue weighted by Crippen LogP contribution is -2.49. The van der Waals surface area contributed by atoms with Crippen LogP contribution < -0.4 is 5.32 Å². The van der Waals surface area contributed by atoms with Crippen LogP contribution in [-0.4, -0.2) is 56.3 Å². The Bertz CT molecular complexity index is 470. The third kappa shape index (κ3) is 4.36. The van der Waals surface area contributed by atoms with Crippen molar-refractivity contribution in [2.45, 2.75) is 32.6 Å². The molecule has 1 aromatic rings. The predicted molar refractivity (Wildman–Crippen MR) is 88.5 cm³/mol. The minimum Gasteiger partial charge on any atom is -0.357 e. The number of guanidine groups is 1. The minimum absolute atomic E-state index is 0.564. The Morgan fingerprint density at radius 1 is 1.57 bits per heavy atom. The molecule has 6 nitrogen and oxygen atoms in total. The summed E-state index contributed by atoms with van der Waals surface area (Å²) in [7, 11) is 1.95. The molecule has 1 fully saturated rings. The molecule has 1 atom stereocenters. The second kappa shape index (κ2) is 7.68. The molecule has 0 aromatic carbocycles. The topological polar surface area (TPSA) is 58.3 Å². The van der Waals surface area contributed by atoms with Gasteiger partial charge in [-0.1, -0.05) is 13.8 Å². The Labute approximate surface area is 131 Å². The Morgan fingerprint density at radius 3 is 3.00 bits per heavy atom. The summed E-state index contributed by atoms with van der Waals surface area (Å²) in [5.41, 5.74) is 0. The Kier molecular flexibility index (Phi) is 5.90. The molecule has 0 saturated carbocycles. The van der Waals surface area contributed by atoms with Gasteiger partial charge in [-0.25, -0.2) is 4.99 Å². The lowest BCUT2D eigenvalue weighted by Gasteiger charge is -2.36. The average Bonchev–Trinajstić information content (AvgIpc) is 2.89. The molecular formula is C14H26N6S. The highest BCUT2D eigenvalue weighted by molar-refractivity contribution is 8.00. The molecule has 1 saturated heterocycles. The Hall–Kier alpha value is -1.24. The van der Waals surface area contributed by atoms with Crippen molar-refractivity contribution >= 4 is 17.7 Å². The molecule has 1 aliphatic heterocycles. The molecule has 0 spiro atoms. The van der Waals surface area contributed by atoms with Crippen LogP contribution >= 0.6 is 11.8 Å². The number of hydrogen-bond acceptors (Lipinski definition) is 4. The largest absolute Gasteiger partial charge is 0.357 e. The van der Waals surface area contributed by atoms with Gasteiger partial charge in [0, 0.05) is 37.7 Å². The molecule has 0 bridgehead atoms. The van der Waals surface area contributed by atoms with Crippen LogP contribution in [0.1, 0.15) is 26.6 Å². The van der Waals surface area contributed by atoms with Crippen LogP contribution in [0.3, 0.4) is 0 Å². The molecule has 2 heterocycles.